The first kappa shape index (κ1) is 31.6. The van der Waals surface area contributed by atoms with Gasteiger partial charge in [0.2, 0.25) is 0 Å². The second kappa shape index (κ2) is 12.3. The lowest BCUT2D eigenvalue weighted by molar-refractivity contribution is -0.335. The maximum atomic E-state index is 10.9. The minimum absolute atomic E-state index is 0.0511. The number of hydrogen-bond donors (Lipinski definition) is 13. The molecule has 14 atom stereocenters. The van der Waals surface area contributed by atoms with Crippen molar-refractivity contribution in [3.05, 3.63) is 0 Å². The minimum Gasteiger partial charge on any atom is -0.394 e. The molecule has 1 saturated heterocycles. The van der Waals surface area contributed by atoms with Gasteiger partial charge < -0.3 is 83.3 Å². The summed E-state index contributed by atoms with van der Waals surface area (Å²) in [6, 6.07) is -3.89. The van der Waals surface area contributed by atoms with E-state index in [-0.39, 0.29) is 6.42 Å². The van der Waals surface area contributed by atoms with Crippen LogP contribution in [-0.4, -0.2) is 152 Å². The topological polar surface area (TPSA) is 330 Å². The monoisotopic (exact) mass is 567 g/mol. The van der Waals surface area contributed by atoms with Gasteiger partial charge in [-0.2, -0.15) is 0 Å². The molecule has 0 radical (unpaired) electrons. The van der Waals surface area contributed by atoms with Crippen LogP contribution in [-0.2, 0) is 14.2 Å². The molecular weight excluding hydrogens is 526 g/mol. The van der Waals surface area contributed by atoms with Gasteiger partial charge in [-0.3, -0.25) is 0 Å². The highest BCUT2D eigenvalue weighted by atomic mass is 16.7. The van der Waals surface area contributed by atoms with E-state index in [4.69, 9.17) is 37.1 Å². The largest absolute Gasteiger partial charge is 0.394 e. The number of guanidine groups is 2. The van der Waals surface area contributed by atoms with E-state index >= 15 is 0 Å². The van der Waals surface area contributed by atoms with Gasteiger partial charge in [0.05, 0.1) is 18.8 Å². The molecule has 0 aromatic carbocycles. The van der Waals surface area contributed by atoms with E-state index in [1.54, 1.807) is 0 Å². The summed E-state index contributed by atoms with van der Waals surface area (Å²) in [5.74, 6) is -4.34. The van der Waals surface area contributed by atoms with Crippen molar-refractivity contribution in [1.29, 1.82) is 0 Å². The van der Waals surface area contributed by atoms with Gasteiger partial charge >= 0.3 is 0 Å². The summed E-state index contributed by atoms with van der Waals surface area (Å²) in [7, 11) is 1.45. The average Bonchev–Trinajstić information content (AvgIpc) is 3.07. The molecule has 2 saturated carbocycles. The smallest absolute Gasteiger partial charge is 0.195 e. The number of ether oxygens (including phenoxy) is 3. The second-order valence-electron chi connectivity index (χ2n) is 10.2. The molecule has 0 bridgehead atoms. The first-order chi connectivity index (χ1) is 18.1. The Hall–Kier alpha value is -1.94. The Bertz CT molecular complexity index is 890. The van der Waals surface area contributed by atoms with Crippen molar-refractivity contribution >= 4 is 11.9 Å². The maximum absolute atomic E-state index is 10.9. The molecule has 226 valence electrons. The summed E-state index contributed by atoms with van der Waals surface area (Å²) in [4.78, 5) is 7.69. The molecule has 0 aromatic rings. The van der Waals surface area contributed by atoms with Crippen LogP contribution < -0.4 is 28.3 Å². The van der Waals surface area contributed by atoms with E-state index in [0.29, 0.717) is 0 Å². The van der Waals surface area contributed by atoms with E-state index in [9.17, 15) is 40.9 Å². The molecule has 1 aliphatic heterocycles. The third-order valence-electron chi connectivity index (χ3n) is 7.56. The van der Waals surface area contributed by atoms with Crippen molar-refractivity contribution in [1.82, 2.24) is 5.32 Å². The van der Waals surface area contributed by atoms with Gasteiger partial charge in [0.1, 0.15) is 60.9 Å². The van der Waals surface area contributed by atoms with Crippen molar-refractivity contribution in [2.45, 2.75) is 98.5 Å². The summed E-state index contributed by atoms with van der Waals surface area (Å²) in [5.41, 5.74) is 21.8. The van der Waals surface area contributed by atoms with E-state index < -0.39 is 110 Å². The van der Waals surface area contributed by atoms with Gasteiger partial charge in [-0.05, 0) is 13.5 Å². The fraction of sp³-hybridized carbons (Fsp3) is 0.905. The molecule has 39 heavy (non-hydrogen) atoms. The van der Waals surface area contributed by atoms with E-state index in [2.05, 4.69) is 15.3 Å². The Morgan fingerprint density at radius 2 is 1.49 bits per heavy atom. The molecule has 3 aliphatic rings. The van der Waals surface area contributed by atoms with Crippen LogP contribution in [0.15, 0.2) is 9.98 Å². The van der Waals surface area contributed by atoms with Crippen LogP contribution in [0.5, 0.6) is 0 Å². The zero-order valence-electron chi connectivity index (χ0n) is 21.5. The van der Waals surface area contributed by atoms with Crippen LogP contribution >= 0.6 is 0 Å². The number of likely N-dealkylation sites (N-methyl/N-ethyl adjacent to an activating group) is 1. The molecule has 0 aromatic heterocycles. The lowest BCUT2D eigenvalue weighted by Crippen LogP contribution is -2.66. The van der Waals surface area contributed by atoms with E-state index in [0.717, 1.165) is 0 Å². The Morgan fingerprint density at radius 3 is 2.03 bits per heavy atom. The standard InChI is InChI=1S/C21H41N7O11/c1-5-3-6(17(21(5,35)36)39-18-10(26-2)14(33)11(30)7(4-29)38-18)37-16-9(28-20(24)25)12(31)8(27-19(22)23)13(32)15(16)34/h5-18,26,29-36H,3-4H2,1-2H3,(H4,22,23,27)(H4,24,25,28). The van der Waals surface area contributed by atoms with Crippen molar-refractivity contribution in [3.63, 3.8) is 0 Å². The normalized spacial score (nSPS) is 46.0. The second-order valence-corrected chi connectivity index (χ2v) is 10.2. The maximum Gasteiger partial charge on any atom is 0.195 e. The van der Waals surface area contributed by atoms with Gasteiger partial charge in [-0.1, -0.05) is 6.92 Å². The summed E-state index contributed by atoms with van der Waals surface area (Å²) < 4.78 is 17.5. The highest BCUT2D eigenvalue weighted by molar-refractivity contribution is 5.76. The van der Waals surface area contributed by atoms with Gasteiger partial charge in [-0.15, -0.1) is 0 Å². The van der Waals surface area contributed by atoms with Crippen LogP contribution in [0.1, 0.15) is 13.3 Å². The van der Waals surface area contributed by atoms with E-state index in [1.165, 1.54) is 14.0 Å². The van der Waals surface area contributed by atoms with Gasteiger partial charge in [-0.25, -0.2) is 9.98 Å². The van der Waals surface area contributed by atoms with Crippen LogP contribution in [0.4, 0.5) is 0 Å². The number of aliphatic imine (C=N–C) groups is 2. The first-order valence-corrected chi connectivity index (χ1v) is 12.4. The molecule has 3 rings (SSSR count). The Kier molecular flexibility index (Phi) is 9.95. The fourth-order valence-corrected chi connectivity index (χ4v) is 5.37. The Labute approximate surface area is 223 Å². The zero-order valence-corrected chi connectivity index (χ0v) is 21.5. The predicted octanol–water partition coefficient (Wildman–Crippen LogP) is -7.75. The zero-order chi connectivity index (χ0) is 29.4. The summed E-state index contributed by atoms with van der Waals surface area (Å²) in [5, 5.41) is 87.3. The number of hydrogen-bond acceptors (Lipinski definition) is 14. The fourth-order valence-electron chi connectivity index (χ4n) is 5.37. The summed E-state index contributed by atoms with van der Waals surface area (Å²) >= 11 is 0. The average molecular weight is 568 g/mol. The molecule has 1 heterocycles. The van der Waals surface area contributed by atoms with E-state index in [1.807, 2.05) is 0 Å². The van der Waals surface area contributed by atoms with Crippen LogP contribution in [0.25, 0.3) is 0 Å². The molecule has 17 N–H and O–H groups in total. The number of aliphatic hydroxyl groups excluding tert-OH is 6. The van der Waals surface area contributed by atoms with Crippen molar-refractivity contribution in [2.75, 3.05) is 13.7 Å². The highest BCUT2D eigenvalue weighted by Crippen LogP contribution is 2.41. The predicted molar refractivity (Wildman–Crippen MR) is 132 cm³/mol. The van der Waals surface area contributed by atoms with Gasteiger partial charge in [0.25, 0.3) is 0 Å². The lowest BCUT2D eigenvalue weighted by atomic mass is 9.81. The molecule has 0 amide bonds. The Morgan fingerprint density at radius 1 is 0.897 bits per heavy atom. The number of aliphatic hydroxyl groups is 8. The number of rotatable bonds is 8. The third kappa shape index (κ3) is 6.21. The van der Waals surface area contributed by atoms with Gasteiger partial charge in [0, 0.05) is 5.92 Å². The number of nitrogens with zero attached hydrogens (tertiary/aromatic N) is 2. The van der Waals surface area contributed by atoms with Gasteiger partial charge in [0.15, 0.2) is 24.0 Å². The first-order valence-electron chi connectivity index (χ1n) is 12.4. The summed E-state index contributed by atoms with van der Waals surface area (Å²) in [6.45, 7) is 0.829. The third-order valence-corrected chi connectivity index (χ3v) is 7.56. The molecule has 3 fully saturated rings. The molecule has 14 unspecified atom stereocenters. The number of nitrogens with two attached hydrogens (primary N) is 4. The van der Waals surface area contributed by atoms with Crippen molar-refractivity contribution in [3.8, 4) is 0 Å². The van der Waals surface area contributed by atoms with Crippen molar-refractivity contribution in [2.24, 2.45) is 38.8 Å². The van der Waals surface area contributed by atoms with Crippen LogP contribution in [0.3, 0.4) is 0 Å². The molecule has 18 nitrogen and oxygen atoms in total. The Balaban J connectivity index is 1.92. The lowest BCUT2D eigenvalue weighted by Gasteiger charge is -2.46. The van der Waals surface area contributed by atoms with Crippen LogP contribution in [0, 0.1) is 5.92 Å². The quantitative estimate of drug-likeness (QED) is 0.0735. The molecule has 0 spiro atoms. The highest BCUT2D eigenvalue weighted by Gasteiger charge is 2.59. The summed E-state index contributed by atoms with van der Waals surface area (Å²) in [6.07, 6.45) is -15.1. The minimum atomic E-state index is -2.52. The van der Waals surface area contributed by atoms with Crippen molar-refractivity contribution < 1.29 is 55.1 Å². The molecule has 18 heteroatoms. The van der Waals surface area contributed by atoms with Crippen LogP contribution in [0.2, 0.25) is 0 Å². The number of nitrogens with one attached hydrogen (secondary N) is 1. The SMILES string of the molecule is CNC1C(OC2C(OC3C(O)C(O)C(N=C(N)N)C(O)C3N=C(N)N)CC(C)C2(O)O)OC(CO)C(O)C1O. The molecule has 2 aliphatic carbocycles. The molecular formula is C21H41N7O11.